The van der Waals surface area contributed by atoms with Crippen molar-refractivity contribution < 1.29 is 9.18 Å². The van der Waals surface area contributed by atoms with Crippen molar-refractivity contribution in [2.24, 2.45) is 0 Å². The zero-order valence-electron chi connectivity index (χ0n) is 9.46. The number of halogens is 1. The SMILES string of the molecule is CCC1NC(=O)CC1(C)c1ccc(F)cn1. The van der Waals surface area contributed by atoms with Crippen molar-refractivity contribution >= 4 is 5.91 Å². The Balaban J connectivity index is 2.37. The first-order valence-electron chi connectivity index (χ1n) is 5.47. The first-order valence-corrected chi connectivity index (χ1v) is 5.47. The highest BCUT2D eigenvalue weighted by Crippen LogP contribution is 2.35. The van der Waals surface area contributed by atoms with Gasteiger partial charge in [0.05, 0.1) is 6.20 Å². The average molecular weight is 222 g/mol. The molecule has 1 amide bonds. The molecule has 3 nitrogen and oxygen atoms in total. The lowest BCUT2D eigenvalue weighted by atomic mass is 9.78. The fourth-order valence-corrected chi connectivity index (χ4v) is 2.40. The molecule has 0 saturated carbocycles. The van der Waals surface area contributed by atoms with E-state index in [1.54, 1.807) is 6.07 Å². The molecule has 1 aromatic rings. The van der Waals surface area contributed by atoms with Gasteiger partial charge in [-0.2, -0.15) is 0 Å². The quantitative estimate of drug-likeness (QED) is 0.828. The van der Waals surface area contributed by atoms with Gasteiger partial charge in [0.1, 0.15) is 5.82 Å². The van der Waals surface area contributed by atoms with Gasteiger partial charge in [-0.05, 0) is 18.6 Å². The monoisotopic (exact) mass is 222 g/mol. The minimum absolute atomic E-state index is 0.0421. The second-order valence-electron chi connectivity index (χ2n) is 4.48. The van der Waals surface area contributed by atoms with Gasteiger partial charge in [0.25, 0.3) is 0 Å². The third kappa shape index (κ3) is 1.68. The number of pyridine rings is 1. The number of carbonyl (C=O) groups excluding carboxylic acids is 1. The minimum Gasteiger partial charge on any atom is -0.352 e. The maximum Gasteiger partial charge on any atom is 0.221 e. The number of hydrogen-bond acceptors (Lipinski definition) is 2. The molecular weight excluding hydrogens is 207 g/mol. The Morgan fingerprint density at radius 1 is 1.62 bits per heavy atom. The molecule has 0 aromatic carbocycles. The first kappa shape index (κ1) is 11.0. The van der Waals surface area contributed by atoms with Gasteiger partial charge in [0.2, 0.25) is 5.91 Å². The van der Waals surface area contributed by atoms with Crippen LogP contribution in [0.25, 0.3) is 0 Å². The van der Waals surface area contributed by atoms with Gasteiger partial charge in [-0.25, -0.2) is 4.39 Å². The van der Waals surface area contributed by atoms with Crippen LogP contribution in [0.4, 0.5) is 4.39 Å². The summed E-state index contributed by atoms with van der Waals surface area (Å²) in [5.41, 5.74) is 0.457. The normalized spacial score (nSPS) is 29.2. The van der Waals surface area contributed by atoms with Crippen molar-refractivity contribution in [2.75, 3.05) is 0 Å². The average Bonchev–Trinajstić information content (AvgIpc) is 2.55. The number of nitrogens with one attached hydrogen (secondary N) is 1. The lowest BCUT2D eigenvalue weighted by Crippen LogP contribution is -2.38. The Kier molecular flexibility index (Phi) is 2.66. The minimum atomic E-state index is -0.349. The van der Waals surface area contributed by atoms with Crippen molar-refractivity contribution in [1.29, 1.82) is 0 Å². The van der Waals surface area contributed by atoms with Crippen LogP contribution in [-0.2, 0) is 10.2 Å². The summed E-state index contributed by atoms with van der Waals surface area (Å²) in [6.07, 6.45) is 2.47. The van der Waals surface area contributed by atoms with Crippen LogP contribution in [0.5, 0.6) is 0 Å². The van der Waals surface area contributed by atoms with Crippen LogP contribution in [0.1, 0.15) is 32.4 Å². The van der Waals surface area contributed by atoms with E-state index in [-0.39, 0.29) is 23.2 Å². The summed E-state index contributed by atoms with van der Waals surface area (Å²) in [7, 11) is 0. The molecule has 1 N–H and O–H groups in total. The molecule has 16 heavy (non-hydrogen) atoms. The molecule has 2 unspecified atom stereocenters. The molecule has 86 valence electrons. The summed E-state index contributed by atoms with van der Waals surface area (Å²) in [4.78, 5) is 15.6. The summed E-state index contributed by atoms with van der Waals surface area (Å²) >= 11 is 0. The Hall–Kier alpha value is -1.45. The predicted octanol–water partition coefficient (Wildman–Crippen LogP) is 1.78. The molecule has 1 aromatic heterocycles. The van der Waals surface area contributed by atoms with Crippen LogP contribution in [0.2, 0.25) is 0 Å². The van der Waals surface area contributed by atoms with E-state index >= 15 is 0 Å². The summed E-state index contributed by atoms with van der Waals surface area (Å²) in [5.74, 6) is -0.307. The van der Waals surface area contributed by atoms with Crippen molar-refractivity contribution in [2.45, 2.75) is 38.1 Å². The van der Waals surface area contributed by atoms with Crippen molar-refractivity contribution in [3.8, 4) is 0 Å². The zero-order chi connectivity index (χ0) is 11.8. The third-order valence-electron chi connectivity index (χ3n) is 3.35. The maximum atomic E-state index is 12.8. The molecule has 1 fully saturated rings. The molecule has 1 aliphatic heterocycles. The van der Waals surface area contributed by atoms with E-state index < -0.39 is 0 Å². The lowest BCUT2D eigenvalue weighted by molar-refractivity contribution is -0.119. The standard InChI is InChI=1S/C12H15FN2O/c1-3-9-12(2,6-11(16)15-9)10-5-4-8(13)7-14-10/h4-5,7,9H,3,6H2,1-2H3,(H,15,16). The number of amides is 1. The van der Waals surface area contributed by atoms with Crippen LogP contribution in [0, 0.1) is 5.82 Å². The predicted molar refractivity (Wildman–Crippen MR) is 58.4 cm³/mol. The second-order valence-corrected chi connectivity index (χ2v) is 4.48. The van der Waals surface area contributed by atoms with Gasteiger partial charge in [-0.3, -0.25) is 9.78 Å². The smallest absolute Gasteiger partial charge is 0.221 e. The highest BCUT2D eigenvalue weighted by Gasteiger charge is 2.44. The third-order valence-corrected chi connectivity index (χ3v) is 3.35. The maximum absolute atomic E-state index is 12.8. The van der Waals surface area contributed by atoms with Crippen molar-refractivity contribution in [3.63, 3.8) is 0 Å². The highest BCUT2D eigenvalue weighted by molar-refractivity contribution is 5.81. The van der Waals surface area contributed by atoms with E-state index in [1.807, 2.05) is 13.8 Å². The molecule has 0 radical (unpaired) electrons. The van der Waals surface area contributed by atoms with Crippen LogP contribution >= 0.6 is 0 Å². The largest absolute Gasteiger partial charge is 0.352 e. The number of carbonyl (C=O) groups is 1. The fourth-order valence-electron chi connectivity index (χ4n) is 2.40. The zero-order valence-corrected chi connectivity index (χ0v) is 9.46. The summed E-state index contributed by atoms with van der Waals surface area (Å²) in [6.45, 7) is 4.03. The van der Waals surface area contributed by atoms with Gasteiger partial charge < -0.3 is 5.32 Å². The number of hydrogen-bond donors (Lipinski definition) is 1. The van der Waals surface area contributed by atoms with Crippen LogP contribution in [0.3, 0.4) is 0 Å². The van der Waals surface area contributed by atoms with E-state index in [0.717, 1.165) is 12.1 Å². The molecule has 1 aliphatic rings. The second kappa shape index (κ2) is 3.85. The number of nitrogens with zero attached hydrogens (tertiary/aromatic N) is 1. The van der Waals surface area contributed by atoms with Gasteiger partial charge in [-0.15, -0.1) is 0 Å². The van der Waals surface area contributed by atoms with Crippen LogP contribution in [-0.4, -0.2) is 16.9 Å². The molecular formula is C12H15FN2O. The summed E-state index contributed by atoms with van der Waals surface area (Å²) in [5, 5.41) is 2.93. The summed E-state index contributed by atoms with van der Waals surface area (Å²) in [6, 6.07) is 3.14. The fraction of sp³-hybridized carbons (Fsp3) is 0.500. The van der Waals surface area contributed by atoms with Gasteiger partial charge in [0, 0.05) is 23.6 Å². The number of rotatable bonds is 2. The molecule has 2 rings (SSSR count). The summed E-state index contributed by atoms with van der Waals surface area (Å²) < 4.78 is 12.8. The van der Waals surface area contributed by atoms with E-state index in [9.17, 15) is 9.18 Å². The van der Waals surface area contributed by atoms with E-state index in [2.05, 4.69) is 10.3 Å². The molecule has 0 spiro atoms. The molecule has 2 atom stereocenters. The number of aromatic nitrogens is 1. The van der Waals surface area contributed by atoms with E-state index in [1.165, 1.54) is 12.3 Å². The molecule has 2 heterocycles. The molecule has 4 heteroatoms. The first-order chi connectivity index (χ1) is 7.56. The Labute approximate surface area is 94.1 Å². The van der Waals surface area contributed by atoms with Crippen molar-refractivity contribution in [1.82, 2.24) is 10.3 Å². The topological polar surface area (TPSA) is 42.0 Å². The van der Waals surface area contributed by atoms with Crippen LogP contribution in [0.15, 0.2) is 18.3 Å². The molecule has 1 saturated heterocycles. The van der Waals surface area contributed by atoms with E-state index in [0.29, 0.717) is 6.42 Å². The van der Waals surface area contributed by atoms with Gasteiger partial charge >= 0.3 is 0 Å². The van der Waals surface area contributed by atoms with Gasteiger partial charge in [0.15, 0.2) is 0 Å². The Morgan fingerprint density at radius 3 is 2.94 bits per heavy atom. The van der Waals surface area contributed by atoms with E-state index in [4.69, 9.17) is 0 Å². The van der Waals surface area contributed by atoms with Crippen molar-refractivity contribution in [3.05, 3.63) is 29.8 Å². The molecule has 0 aliphatic carbocycles. The Bertz CT molecular complexity index is 404. The molecule has 0 bridgehead atoms. The van der Waals surface area contributed by atoms with Gasteiger partial charge in [-0.1, -0.05) is 13.8 Å². The lowest BCUT2D eigenvalue weighted by Gasteiger charge is -2.28. The van der Waals surface area contributed by atoms with Crippen LogP contribution < -0.4 is 5.32 Å². The highest BCUT2D eigenvalue weighted by atomic mass is 19.1. The Morgan fingerprint density at radius 2 is 2.38 bits per heavy atom.